The molecule has 60 heavy (non-hydrogen) atoms. The largest absolute Gasteiger partial charge is 0.490 e. The smallest absolute Gasteiger partial charge is 0.410 e. The van der Waals surface area contributed by atoms with Crippen molar-refractivity contribution in [2.75, 3.05) is 52.8 Å². The van der Waals surface area contributed by atoms with E-state index < -0.39 is 30.1 Å². The molecule has 2 aliphatic heterocycles. The molecule has 2 heterocycles. The topological polar surface area (TPSA) is 138 Å². The average Bonchev–Trinajstić information content (AvgIpc) is 3.28. The van der Waals surface area contributed by atoms with Crippen molar-refractivity contribution < 1.29 is 48.3 Å². The lowest BCUT2D eigenvalue weighted by Gasteiger charge is -2.60. The fraction of sp³-hybridized carbons (Fsp3) is 0.583. The highest BCUT2D eigenvalue weighted by molar-refractivity contribution is 6.03. The molecule has 12 heteroatoms. The van der Waals surface area contributed by atoms with Crippen LogP contribution in [0.4, 0.5) is 4.79 Å². The maximum atomic E-state index is 14.5. The molecule has 328 valence electrons. The van der Waals surface area contributed by atoms with Crippen LogP contribution in [-0.2, 0) is 30.4 Å². The van der Waals surface area contributed by atoms with Gasteiger partial charge in [0.1, 0.15) is 30.8 Å². The molecule has 4 aliphatic rings. The number of fused-ring (bicyclic) bond motifs is 2. The first-order valence-electron chi connectivity index (χ1n) is 22.1. The molecule has 2 fully saturated rings. The summed E-state index contributed by atoms with van der Waals surface area (Å²) in [5, 5.41) is 24.7. The zero-order valence-electron chi connectivity index (χ0n) is 35.4. The van der Waals surface area contributed by atoms with Crippen molar-refractivity contribution >= 4 is 11.8 Å². The summed E-state index contributed by atoms with van der Waals surface area (Å²) in [5.41, 5.74) is 3.71. The summed E-state index contributed by atoms with van der Waals surface area (Å²) >= 11 is 0. The average molecular weight is 831 g/mol. The number of rotatable bonds is 24. The van der Waals surface area contributed by atoms with Gasteiger partial charge in [-0.1, -0.05) is 80.1 Å². The van der Waals surface area contributed by atoms with Gasteiger partial charge in [-0.05, 0) is 86.1 Å². The molecule has 6 rings (SSSR count). The van der Waals surface area contributed by atoms with E-state index in [0.29, 0.717) is 62.8 Å². The second kappa shape index (κ2) is 23.1. The first-order chi connectivity index (χ1) is 29.5. The van der Waals surface area contributed by atoms with E-state index in [-0.39, 0.29) is 57.2 Å². The molecular weight excluding hydrogens is 765 g/mol. The van der Waals surface area contributed by atoms with E-state index in [1.165, 1.54) is 0 Å². The van der Waals surface area contributed by atoms with Crippen molar-refractivity contribution in [1.29, 1.82) is 0 Å². The van der Waals surface area contributed by atoms with Gasteiger partial charge >= 0.3 is 6.09 Å². The normalized spacial score (nSPS) is 26.2. The van der Waals surface area contributed by atoms with Crippen LogP contribution in [-0.4, -0.2) is 97.8 Å². The zero-order valence-corrected chi connectivity index (χ0v) is 35.4. The molecule has 1 saturated carbocycles. The summed E-state index contributed by atoms with van der Waals surface area (Å²) < 4.78 is 38.3. The van der Waals surface area contributed by atoms with Crippen molar-refractivity contribution in [1.82, 2.24) is 4.90 Å². The van der Waals surface area contributed by atoms with Crippen LogP contribution in [0.15, 0.2) is 90.6 Å². The molecule has 1 amide bonds. The Kier molecular flexibility index (Phi) is 17.5. The van der Waals surface area contributed by atoms with Gasteiger partial charge in [0.15, 0.2) is 0 Å². The number of aliphatic hydroxyl groups excluding tert-OH is 2. The Morgan fingerprint density at radius 3 is 2.53 bits per heavy atom. The minimum absolute atomic E-state index is 0.0685. The van der Waals surface area contributed by atoms with Crippen LogP contribution in [0.25, 0.3) is 0 Å². The molecule has 2 N–H and O–H groups in total. The van der Waals surface area contributed by atoms with E-state index in [1.807, 2.05) is 49.4 Å². The van der Waals surface area contributed by atoms with Crippen molar-refractivity contribution in [3.63, 3.8) is 0 Å². The van der Waals surface area contributed by atoms with E-state index in [2.05, 4.69) is 25.3 Å². The van der Waals surface area contributed by atoms with Gasteiger partial charge < -0.3 is 43.5 Å². The number of hydrogen-bond donors (Lipinski definition) is 2. The van der Waals surface area contributed by atoms with Crippen molar-refractivity contribution in [2.24, 2.45) is 22.9 Å². The van der Waals surface area contributed by atoms with Gasteiger partial charge in [0.05, 0.1) is 38.1 Å². The maximum Gasteiger partial charge on any atom is 0.410 e. The molecule has 1 unspecified atom stereocenters. The van der Waals surface area contributed by atoms with Crippen LogP contribution >= 0.6 is 0 Å². The fourth-order valence-corrected chi connectivity index (χ4v) is 9.46. The fourth-order valence-electron chi connectivity index (χ4n) is 9.46. The minimum atomic E-state index is -1.38. The van der Waals surface area contributed by atoms with Gasteiger partial charge in [-0.2, -0.15) is 0 Å². The lowest BCUT2D eigenvalue weighted by atomic mass is 9.55. The summed E-state index contributed by atoms with van der Waals surface area (Å²) in [5.74, 6) is -0.452. The van der Waals surface area contributed by atoms with E-state index in [0.717, 1.165) is 61.6 Å². The Balaban J connectivity index is 1.46. The highest BCUT2D eigenvalue weighted by atomic mass is 16.8. The van der Waals surface area contributed by atoms with Gasteiger partial charge in [-0.25, -0.2) is 4.79 Å². The minimum Gasteiger partial charge on any atom is -0.490 e. The summed E-state index contributed by atoms with van der Waals surface area (Å²) in [4.78, 5) is 22.5. The second-order valence-corrected chi connectivity index (χ2v) is 16.1. The number of hydrogen-bond acceptors (Lipinski definition) is 11. The van der Waals surface area contributed by atoms with Crippen LogP contribution in [0.5, 0.6) is 11.5 Å². The number of benzene rings is 2. The van der Waals surface area contributed by atoms with Crippen LogP contribution in [0.2, 0.25) is 0 Å². The van der Waals surface area contributed by atoms with E-state index >= 15 is 0 Å². The number of aliphatic hydroxyl groups is 2. The summed E-state index contributed by atoms with van der Waals surface area (Å²) in [6, 6.07) is 15.1. The highest BCUT2D eigenvalue weighted by Gasteiger charge is 2.65. The molecule has 0 radical (unpaired) electrons. The number of oxime groups is 1. The molecule has 7 atom stereocenters. The van der Waals surface area contributed by atoms with Crippen molar-refractivity contribution in [3.8, 4) is 11.5 Å². The first kappa shape index (κ1) is 45.3. The van der Waals surface area contributed by atoms with Gasteiger partial charge in [-0.15, -0.1) is 6.58 Å². The van der Waals surface area contributed by atoms with Gasteiger partial charge in [0.25, 0.3) is 0 Å². The van der Waals surface area contributed by atoms with E-state index in [1.54, 1.807) is 17.1 Å². The lowest BCUT2D eigenvalue weighted by Crippen LogP contribution is -2.70. The number of nitrogens with zero attached hydrogens (tertiary/aromatic N) is 2. The number of amides is 1. The van der Waals surface area contributed by atoms with Crippen LogP contribution in [0, 0.1) is 17.8 Å². The standard InChI is InChI=1S/C48H66N2O10/c1-4-23-50(47(53)57-30-29-54-34-35-16-8-7-9-17-35)43-33-41(49-60-44-20-12-15-28-56-44)39-31-36(18-10-13-24-51)38(19-11-14-25-52)45-40-32-37(55-26-5-2)21-22-42(40)59-48(43,46(39)45)58-27-6-3/h5-9,16-17,21-22,31-32,36,38,43-46,51-52H,2-4,10-15,18-20,23-30,33-34H2,1H3/t36-,38+,43-,44?,45+,46+,48+/m0/s1. The Bertz CT molecular complexity index is 1730. The van der Waals surface area contributed by atoms with Crippen molar-refractivity contribution in [3.05, 3.63) is 96.6 Å². The molecule has 0 bridgehead atoms. The Morgan fingerprint density at radius 2 is 1.80 bits per heavy atom. The van der Waals surface area contributed by atoms with Crippen molar-refractivity contribution in [2.45, 2.75) is 108 Å². The van der Waals surface area contributed by atoms with Crippen LogP contribution in [0.3, 0.4) is 0 Å². The summed E-state index contributed by atoms with van der Waals surface area (Å²) in [7, 11) is 0. The highest BCUT2D eigenvalue weighted by Crippen LogP contribution is 2.62. The molecule has 2 aromatic rings. The molecule has 12 nitrogen and oxygen atoms in total. The molecule has 0 spiro atoms. The van der Waals surface area contributed by atoms with Gasteiger partial charge in [0, 0.05) is 44.1 Å². The third-order valence-corrected chi connectivity index (χ3v) is 12.1. The Morgan fingerprint density at radius 1 is 1.00 bits per heavy atom. The molecule has 1 saturated heterocycles. The number of carbonyl (C=O) groups excluding carboxylic acids is 1. The number of unbranched alkanes of at least 4 members (excludes halogenated alkanes) is 2. The molecular formula is C48H66N2O10. The second-order valence-electron chi connectivity index (χ2n) is 16.1. The van der Waals surface area contributed by atoms with Gasteiger partial charge in [-0.3, -0.25) is 4.90 Å². The van der Waals surface area contributed by atoms with Crippen LogP contribution < -0.4 is 9.47 Å². The molecule has 2 aromatic carbocycles. The summed E-state index contributed by atoms with van der Waals surface area (Å²) in [6.07, 6.45) is 13.1. The number of allylic oxidation sites excluding steroid dienone is 1. The summed E-state index contributed by atoms with van der Waals surface area (Å²) in [6.45, 7) is 12.4. The number of carbonyl (C=O) groups is 1. The monoisotopic (exact) mass is 830 g/mol. The zero-order chi connectivity index (χ0) is 42.2. The predicted octanol–water partition coefficient (Wildman–Crippen LogP) is 8.48. The third kappa shape index (κ3) is 11.0. The lowest BCUT2D eigenvalue weighted by molar-refractivity contribution is -0.255. The SMILES string of the molecule is C=CCOc1ccc2c(c1)[C@H]1[C@H](CCCCO)[C@@H](CCCCO)C=C3C(=NOC4CCCCO4)C[C@H](N(CCC)C(=O)OCCOCc4ccccc4)[C@@](OCC=C)(O2)[C@H]31. The van der Waals surface area contributed by atoms with E-state index in [9.17, 15) is 15.0 Å². The van der Waals surface area contributed by atoms with Gasteiger partial charge in [0.2, 0.25) is 12.1 Å². The van der Waals surface area contributed by atoms with Crippen LogP contribution in [0.1, 0.15) is 94.6 Å². The Hall–Kier alpha value is -4.20. The molecule has 2 aliphatic carbocycles. The van der Waals surface area contributed by atoms with E-state index in [4.69, 9.17) is 38.4 Å². The maximum absolute atomic E-state index is 14.5. The Labute approximate surface area is 356 Å². The first-order valence-corrected chi connectivity index (χ1v) is 22.1. The number of ether oxygens (including phenoxy) is 6. The quantitative estimate of drug-likeness (QED) is 0.0602. The molecule has 0 aromatic heterocycles. The third-order valence-electron chi connectivity index (χ3n) is 12.1. The predicted molar refractivity (Wildman–Crippen MR) is 230 cm³/mol.